The summed E-state index contributed by atoms with van der Waals surface area (Å²) < 4.78 is 42.3. The number of piperidine rings is 1. The maximum absolute atomic E-state index is 13.9. The van der Waals surface area contributed by atoms with Crippen LogP contribution in [0.15, 0.2) is 83.9 Å². The Kier molecular flexibility index (Phi) is 8.26. The Hall–Kier alpha value is -3.42. The second-order valence-corrected chi connectivity index (χ2v) is 12.1. The number of nitrogens with zero attached hydrogens (tertiary/aromatic N) is 2. The SMILES string of the molecule is O=C(/C(=C\N1CCCC1)CC(c1ccc(F)cc1)N1CCC(c2csc3cc(F)ccc23)CC1)c1ccc(F)cc1. The van der Waals surface area contributed by atoms with E-state index in [-0.39, 0.29) is 29.3 Å². The number of hydrogen-bond donors (Lipinski definition) is 0. The Morgan fingerprint density at radius 2 is 1.49 bits per heavy atom. The summed E-state index contributed by atoms with van der Waals surface area (Å²) in [5, 5.41) is 3.30. The topological polar surface area (TPSA) is 23.6 Å². The number of likely N-dealkylation sites (tertiary alicyclic amines) is 2. The van der Waals surface area contributed by atoms with E-state index in [9.17, 15) is 18.0 Å². The minimum atomic E-state index is -0.373. The Balaban J connectivity index is 1.27. The predicted octanol–water partition coefficient (Wildman–Crippen LogP) is 8.49. The van der Waals surface area contributed by atoms with E-state index in [0.29, 0.717) is 23.5 Å². The van der Waals surface area contributed by atoms with Crippen LogP contribution >= 0.6 is 11.3 Å². The van der Waals surface area contributed by atoms with Crippen molar-refractivity contribution in [2.75, 3.05) is 26.2 Å². The minimum absolute atomic E-state index is 0.101. The van der Waals surface area contributed by atoms with Crippen molar-refractivity contribution in [3.63, 3.8) is 0 Å². The van der Waals surface area contributed by atoms with Gasteiger partial charge >= 0.3 is 0 Å². The normalized spacial score (nSPS) is 17.8. The van der Waals surface area contributed by atoms with Gasteiger partial charge in [-0.2, -0.15) is 0 Å². The highest BCUT2D eigenvalue weighted by molar-refractivity contribution is 7.17. The maximum Gasteiger partial charge on any atom is 0.190 e. The van der Waals surface area contributed by atoms with Crippen LogP contribution in [0.25, 0.3) is 10.1 Å². The maximum atomic E-state index is 13.9. The molecule has 2 aliphatic heterocycles. The first-order valence-corrected chi connectivity index (χ1v) is 15.2. The number of ketones is 1. The lowest BCUT2D eigenvalue weighted by molar-refractivity contribution is 0.101. The molecule has 1 atom stereocenters. The van der Waals surface area contributed by atoms with Crippen LogP contribution < -0.4 is 0 Å². The van der Waals surface area contributed by atoms with Crippen LogP contribution in [0.5, 0.6) is 0 Å². The van der Waals surface area contributed by atoms with Crippen molar-refractivity contribution in [3.05, 3.63) is 118 Å². The van der Waals surface area contributed by atoms with Crippen LogP contribution in [0.2, 0.25) is 0 Å². The molecule has 1 aromatic heterocycles. The zero-order chi connectivity index (χ0) is 28.3. The van der Waals surface area contributed by atoms with Gasteiger partial charge in [-0.3, -0.25) is 9.69 Å². The molecule has 2 saturated heterocycles. The Morgan fingerprint density at radius 1 is 0.854 bits per heavy atom. The number of rotatable bonds is 8. The van der Waals surface area contributed by atoms with Gasteiger partial charge in [-0.25, -0.2) is 13.2 Å². The van der Waals surface area contributed by atoms with E-state index < -0.39 is 0 Å². The Bertz CT molecular complexity index is 1530. The number of benzene rings is 3. The zero-order valence-corrected chi connectivity index (χ0v) is 23.7. The summed E-state index contributed by atoms with van der Waals surface area (Å²) in [5.74, 6) is -0.601. The molecule has 3 nitrogen and oxygen atoms in total. The number of carbonyl (C=O) groups is 1. The molecule has 4 aromatic rings. The summed E-state index contributed by atoms with van der Waals surface area (Å²) in [6, 6.07) is 17.3. The number of thiophene rings is 1. The van der Waals surface area contributed by atoms with Crippen molar-refractivity contribution in [2.24, 2.45) is 0 Å². The molecule has 0 spiro atoms. The molecule has 41 heavy (non-hydrogen) atoms. The molecule has 0 amide bonds. The van der Waals surface area contributed by atoms with Crippen molar-refractivity contribution in [3.8, 4) is 0 Å². The van der Waals surface area contributed by atoms with Crippen LogP contribution in [0.3, 0.4) is 0 Å². The molecule has 0 N–H and O–H groups in total. The first-order valence-electron chi connectivity index (χ1n) is 14.4. The van der Waals surface area contributed by atoms with E-state index in [2.05, 4.69) is 15.2 Å². The van der Waals surface area contributed by atoms with Gasteiger partial charge in [0.1, 0.15) is 17.5 Å². The van der Waals surface area contributed by atoms with Gasteiger partial charge in [0.2, 0.25) is 0 Å². The van der Waals surface area contributed by atoms with E-state index in [4.69, 9.17) is 0 Å². The smallest absolute Gasteiger partial charge is 0.190 e. The third-order valence-electron chi connectivity index (χ3n) is 8.52. The van der Waals surface area contributed by atoms with Crippen LogP contribution in [-0.2, 0) is 0 Å². The lowest BCUT2D eigenvalue weighted by atomic mass is 9.86. The van der Waals surface area contributed by atoms with Crippen molar-refractivity contribution in [1.82, 2.24) is 9.80 Å². The number of hydrogen-bond acceptors (Lipinski definition) is 4. The molecule has 3 heterocycles. The van der Waals surface area contributed by atoms with Gasteiger partial charge in [-0.05, 0) is 122 Å². The third-order valence-corrected chi connectivity index (χ3v) is 9.49. The quantitative estimate of drug-likeness (QED) is 0.156. The van der Waals surface area contributed by atoms with Crippen LogP contribution in [0.4, 0.5) is 13.2 Å². The molecule has 6 rings (SSSR count). The molecule has 3 aromatic carbocycles. The molecule has 7 heteroatoms. The number of Topliss-reactive ketones (excluding diaryl/α,β-unsaturated/α-hetero) is 1. The van der Waals surface area contributed by atoms with Gasteiger partial charge in [0.15, 0.2) is 5.78 Å². The van der Waals surface area contributed by atoms with Crippen molar-refractivity contribution in [1.29, 1.82) is 0 Å². The lowest BCUT2D eigenvalue weighted by Crippen LogP contribution is -2.37. The Labute approximate surface area is 242 Å². The second kappa shape index (κ2) is 12.2. The summed E-state index contributed by atoms with van der Waals surface area (Å²) >= 11 is 1.59. The zero-order valence-electron chi connectivity index (χ0n) is 22.9. The standard InChI is InChI=1S/C34H33F3N2OS/c35-27-7-3-24(4-8-27)32(19-26(21-38-15-1-2-16-38)34(40)25-5-9-28(36)10-6-25)39-17-13-23(14-18-39)31-22-41-33-20-29(37)11-12-30(31)33/h3-12,20-23,32H,1-2,13-19H2/b26-21-. The molecule has 0 aliphatic carbocycles. The lowest BCUT2D eigenvalue weighted by Gasteiger charge is -2.38. The van der Waals surface area contributed by atoms with Crippen LogP contribution in [0, 0.1) is 17.5 Å². The van der Waals surface area contributed by atoms with Gasteiger partial charge in [-0.1, -0.05) is 18.2 Å². The monoisotopic (exact) mass is 574 g/mol. The fraction of sp³-hybridized carbons (Fsp3) is 0.324. The highest BCUT2D eigenvalue weighted by atomic mass is 32.1. The fourth-order valence-corrected chi connectivity index (χ4v) is 7.36. The Morgan fingerprint density at radius 3 is 2.17 bits per heavy atom. The summed E-state index contributed by atoms with van der Waals surface area (Å²) in [6.45, 7) is 3.47. The van der Waals surface area contributed by atoms with Gasteiger partial charge in [0.25, 0.3) is 0 Å². The highest BCUT2D eigenvalue weighted by Crippen LogP contribution is 2.40. The molecule has 2 aliphatic rings. The van der Waals surface area contributed by atoms with Gasteiger partial charge in [0.05, 0.1) is 0 Å². The van der Waals surface area contributed by atoms with Gasteiger partial charge in [-0.15, -0.1) is 11.3 Å². The number of fused-ring (bicyclic) bond motifs is 1. The largest absolute Gasteiger partial charge is 0.377 e. The number of carbonyl (C=O) groups excluding carboxylic acids is 1. The van der Waals surface area contributed by atoms with E-state index in [0.717, 1.165) is 67.5 Å². The molecule has 2 fully saturated rings. The van der Waals surface area contributed by atoms with E-state index >= 15 is 0 Å². The summed E-state index contributed by atoms with van der Waals surface area (Å²) in [6.07, 6.45) is 6.54. The molecule has 0 bridgehead atoms. The third kappa shape index (κ3) is 6.26. The summed E-state index contributed by atoms with van der Waals surface area (Å²) in [7, 11) is 0. The number of halogens is 3. The average molecular weight is 575 g/mol. The van der Waals surface area contributed by atoms with E-state index in [1.165, 1.54) is 35.9 Å². The summed E-state index contributed by atoms with van der Waals surface area (Å²) in [5.41, 5.74) is 3.40. The van der Waals surface area contributed by atoms with Gasteiger partial charge < -0.3 is 4.90 Å². The van der Waals surface area contributed by atoms with E-state index in [1.807, 2.05) is 24.4 Å². The fourth-order valence-electron chi connectivity index (χ4n) is 6.29. The summed E-state index contributed by atoms with van der Waals surface area (Å²) in [4.78, 5) is 18.4. The van der Waals surface area contributed by atoms with Crippen LogP contribution in [0.1, 0.15) is 65.5 Å². The first kappa shape index (κ1) is 27.7. The molecule has 1 unspecified atom stereocenters. The molecule has 0 saturated carbocycles. The predicted molar refractivity (Wildman–Crippen MR) is 159 cm³/mol. The van der Waals surface area contributed by atoms with Crippen LogP contribution in [-0.4, -0.2) is 41.8 Å². The molecule has 212 valence electrons. The van der Waals surface area contributed by atoms with Crippen molar-refractivity contribution in [2.45, 2.75) is 44.1 Å². The van der Waals surface area contributed by atoms with Crippen molar-refractivity contribution < 1.29 is 18.0 Å². The van der Waals surface area contributed by atoms with E-state index in [1.54, 1.807) is 29.5 Å². The van der Waals surface area contributed by atoms with Gasteiger partial charge in [0, 0.05) is 41.2 Å². The average Bonchev–Trinajstić information content (AvgIpc) is 3.66. The first-order chi connectivity index (χ1) is 19.9. The minimum Gasteiger partial charge on any atom is -0.377 e. The highest BCUT2D eigenvalue weighted by Gasteiger charge is 2.30. The molecule has 0 radical (unpaired) electrons. The second-order valence-electron chi connectivity index (χ2n) is 11.1. The molecular weight excluding hydrogens is 541 g/mol. The van der Waals surface area contributed by atoms with Crippen molar-refractivity contribution >= 4 is 27.2 Å². The molecular formula is C34H33F3N2OS.